The summed E-state index contributed by atoms with van der Waals surface area (Å²) < 4.78 is 16.7. The van der Waals surface area contributed by atoms with Crippen molar-refractivity contribution in [3.8, 4) is 0 Å². The molecule has 0 aromatic carbocycles. The Hall–Kier alpha value is -3.41. The van der Waals surface area contributed by atoms with Crippen molar-refractivity contribution >= 4 is 17.9 Å². The fourth-order valence-corrected chi connectivity index (χ4v) is 6.68. The van der Waals surface area contributed by atoms with Gasteiger partial charge in [-0.2, -0.15) is 0 Å². The molecule has 0 aliphatic heterocycles. The van der Waals surface area contributed by atoms with Crippen LogP contribution in [0.4, 0.5) is 0 Å². The fraction of sp³-hybridized carbons (Fsp3) is 0.691. The largest absolute Gasteiger partial charge is 0.462 e. The first-order valence-corrected chi connectivity index (χ1v) is 25.1. The van der Waals surface area contributed by atoms with Crippen LogP contribution in [0.15, 0.2) is 85.1 Å². The van der Waals surface area contributed by atoms with E-state index in [1.807, 2.05) is 0 Å². The molecule has 348 valence electrons. The predicted octanol–water partition coefficient (Wildman–Crippen LogP) is 16.4. The molecule has 0 fully saturated rings. The summed E-state index contributed by atoms with van der Waals surface area (Å²) in [4.78, 5) is 37.7. The maximum atomic E-state index is 12.7. The minimum atomic E-state index is -0.789. The summed E-state index contributed by atoms with van der Waals surface area (Å²) in [6.45, 7) is 6.33. The molecule has 6 nitrogen and oxygen atoms in total. The van der Waals surface area contributed by atoms with Gasteiger partial charge in [0.2, 0.25) is 0 Å². The second-order valence-electron chi connectivity index (χ2n) is 16.3. The first kappa shape index (κ1) is 57.6. The maximum Gasteiger partial charge on any atom is 0.306 e. The van der Waals surface area contributed by atoms with Gasteiger partial charge in [0.05, 0.1) is 0 Å². The molecule has 0 rings (SSSR count). The first-order valence-electron chi connectivity index (χ1n) is 25.1. The zero-order valence-corrected chi connectivity index (χ0v) is 39.7. The maximum absolute atomic E-state index is 12.7. The van der Waals surface area contributed by atoms with E-state index in [-0.39, 0.29) is 31.1 Å². The molecule has 6 heteroatoms. The van der Waals surface area contributed by atoms with Crippen molar-refractivity contribution in [1.29, 1.82) is 0 Å². The number of esters is 3. The number of ether oxygens (including phenoxy) is 3. The van der Waals surface area contributed by atoms with Crippen LogP contribution in [0.3, 0.4) is 0 Å². The Morgan fingerprint density at radius 1 is 0.344 bits per heavy atom. The molecule has 0 heterocycles. The minimum Gasteiger partial charge on any atom is -0.462 e. The smallest absolute Gasteiger partial charge is 0.306 e. The molecule has 0 aromatic rings. The molecule has 0 saturated heterocycles. The average Bonchev–Trinajstić information content (AvgIpc) is 3.26. The molecule has 0 radical (unpaired) electrons. The molecule has 1 atom stereocenters. The van der Waals surface area contributed by atoms with Crippen LogP contribution < -0.4 is 0 Å². The van der Waals surface area contributed by atoms with Gasteiger partial charge in [0.1, 0.15) is 13.2 Å². The molecular formula is C55H92O6. The summed E-state index contributed by atoms with van der Waals surface area (Å²) in [6, 6.07) is 0. The Labute approximate surface area is 375 Å². The van der Waals surface area contributed by atoms with Gasteiger partial charge in [0, 0.05) is 19.3 Å². The highest BCUT2D eigenvalue weighted by molar-refractivity contribution is 5.71. The van der Waals surface area contributed by atoms with E-state index in [4.69, 9.17) is 14.2 Å². The highest BCUT2D eigenvalue weighted by Crippen LogP contribution is 2.14. The second kappa shape index (κ2) is 49.2. The fourth-order valence-electron chi connectivity index (χ4n) is 6.68. The topological polar surface area (TPSA) is 78.9 Å². The lowest BCUT2D eigenvalue weighted by atomic mass is 10.1. The summed E-state index contributed by atoms with van der Waals surface area (Å²) in [7, 11) is 0. The monoisotopic (exact) mass is 849 g/mol. The SMILES string of the molecule is CC/C=C\C/C=C\C/C=C\C/C=C\CCCCCCCCCCCCC(=O)OCC(COC(=O)CCCCCCCCC)OC(=O)CCCCC/C=C\C/C=C\C/C=C\CC. The summed E-state index contributed by atoms with van der Waals surface area (Å²) in [5.41, 5.74) is 0. The zero-order valence-electron chi connectivity index (χ0n) is 39.7. The van der Waals surface area contributed by atoms with Gasteiger partial charge in [-0.1, -0.05) is 202 Å². The Morgan fingerprint density at radius 3 is 1.02 bits per heavy atom. The summed E-state index contributed by atoms with van der Waals surface area (Å²) in [6.07, 6.45) is 63.0. The van der Waals surface area contributed by atoms with Crippen molar-refractivity contribution in [2.45, 2.75) is 232 Å². The van der Waals surface area contributed by atoms with Gasteiger partial charge in [-0.05, 0) is 89.9 Å². The van der Waals surface area contributed by atoms with Crippen molar-refractivity contribution < 1.29 is 28.6 Å². The quantitative estimate of drug-likeness (QED) is 0.0263. The van der Waals surface area contributed by atoms with Gasteiger partial charge in [-0.25, -0.2) is 0 Å². The zero-order chi connectivity index (χ0) is 44.4. The molecule has 1 unspecified atom stereocenters. The van der Waals surface area contributed by atoms with Gasteiger partial charge < -0.3 is 14.2 Å². The number of carbonyl (C=O) groups is 3. The number of hydrogen-bond donors (Lipinski definition) is 0. The van der Waals surface area contributed by atoms with Crippen molar-refractivity contribution in [2.75, 3.05) is 13.2 Å². The van der Waals surface area contributed by atoms with E-state index in [0.717, 1.165) is 109 Å². The molecular weight excluding hydrogens is 757 g/mol. The third kappa shape index (κ3) is 47.5. The predicted molar refractivity (Wildman–Crippen MR) is 261 cm³/mol. The van der Waals surface area contributed by atoms with Gasteiger partial charge in [-0.15, -0.1) is 0 Å². The van der Waals surface area contributed by atoms with Gasteiger partial charge in [0.25, 0.3) is 0 Å². The third-order valence-electron chi connectivity index (χ3n) is 10.4. The molecule has 0 amide bonds. The van der Waals surface area contributed by atoms with E-state index in [1.54, 1.807) is 0 Å². The molecule has 0 N–H and O–H groups in total. The lowest BCUT2D eigenvalue weighted by Gasteiger charge is -2.18. The van der Waals surface area contributed by atoms with E-state index in [0.29, 0.717) is 19.3 Å². The van der Waals surface area contributed by atoms with Gasteiger partial charge in [-0.3, -0.25) is 14.4 Å². The normalized spacial score (nSPS) is 12.8. The van der Waals surface area contributed by atoms with Crippen molar-refractivity contribution in [1.82, 2.24) is 0 Å². The average molecular weight is 849 g/mol. The van der Waals surface area contributed by atoms with Crippen LogP contribution in [0.1, 0.15) is 226 Å². The molecule has 0 spiro atoms. The summed E-state index contributed by atoms with van der Waals surface area (Å²) >= 11 is 0. The van der Waals surface area contributed by atoms with Crippen LogP contribution in [0.25, 0.3) is 0 Å². The number of unbranched alkanes of at least 4 members (excludes halogenated alkanes) is 19. The molecule has 0 aliphatic rings. The van der Waals surface area contributed by atoms with E-state index in [9.17, 15) is 14.4 Å². The Bertz CT molecular complexity index is 1200. The van der Waals surface area contributed by atoms with Crippen molar-refractivity contribution in [3.05, 3.63) is 85.1 Å². The number of carbonyl (C=O) groups excluding carboxylic acids is 3. The van der Waals surface area contributed by atoms with Crippen LogP contribution in [0.5, 0.6) is 0 Å². The summed E-state index contributed by atoms with van der Waals surface area (Å²) in [5.74, 6) is -0.933. The highest BCUT2D eigenvalue weighted by atomic mass is 16.6. The lowest BCUT2D eigenvalue weighted by Crippen LogP contribution is -2.30. The van der Waals surface area contributed by atoms with E-state index in [2.05, 4.69) is 106 Å². The number of hydrogen-bond acceptors (Lipinski definition) is 6. The summed E-state index contributed by atoms with van der Waals surface area (Å²) in [5, 5.41) is 0. The van der Waals surface area contributed by atoms with E-state index < -0.39 is 6.10 Å². The van der Waals surface area contributed by atoms with Gasteiger partial charge >= 0.3 is 17.9 Å². The Kier molecular flexibility index (Phi) is 46.5. The highest BCUT2D eigenvalue weighted by Gasteiger charge is 2.19. The van der Waals surface area contributed by atoms with Crippen LogP contribution in [-0.4, -0.2) is 37.2 Å². The Morgan fingerprint density at radius 2 is 0.639 bits per heavy atom. The molecule has 0 saturated carbocycles. The van der Waals surface area contributed by atoms with Crippen molar-refractivity contribution in [2.24, 2.45) is 0 Å². The molecule has 0 aromatic heterocycles. The minimum absolute atomic E-state index is 0.0895. The third-order valence-corrected chi connectivity index (χ3v) is 10.4. The first-order chi connectivity index (χ1) is 30.0. The number of allylic oxidation sites excluding steroid dienone is 14. The van der Waals surface area contributed by atoms with Crippen LogP contribution in [-0.2, 0) is 28.6 Å². The van der Waals surface area contributed by atoms with E-state index >= 15 is 0 Å². The number of rotatable bonds is 44. The standard InChI is InChI=1S/C55H92O6/c1-4-7-10-13-16-18-20-22-23-24-25-26-27-28-29-30-31-33-34-36-39-42-45-48-54(57)60-51-52(50-59-53(56)47-44-41-38-15-12-9-6-3)61-55(58)49-46-43-40-37-35-32-21-19-17-14-11-8-5-2/h7-8,10-11,16-19,22-23,25-26,32,35,52H,4-6,9,12-15,20-21,24,27-31,33-34,36-51H2,1-3H3/b10-7-,11-8-,18-16-,19-17-,23-22-,26-25-,35-32-. The van der Waals surface area contributed by atoms with Crippen LogP contribution in [0, 0.1) is 0 Å². The van der Waals surface area contributed by atoms with E-state index in [1.165, 1.54) is 77.0 Å². The van der Waals surface area contributed by atoms with Crippen LogP contribution >= 0.6 is 0 Å². The Balaban J connectivity index is 4.23. The van der Waals surface area contributed by atoms with Crippen LogP contribution in [0.2, 0.25) is 0 Å². The second-order valence-corrected chi connectivity index (χ2v) is 16.3. The van der Waals surface area contributed by atoms with Crippen molar-refractivity contribution in [3.63, 3.8) is 0 Å². The molecule has 0 bridgehead atoms. The lowest BCUT2D eigenvalue weighted by molar-refractivity contribution is -0.167. The van der Waals surface area contributed by atoms with Gasteiger partial charge in [0.15, 0.2) is 6.10 Å². The molecule has 0 aliphatic carbocycles. The molecule has 61 heavy (non-hydrogen) atoms.